The van der Waals surface area contributed by atoms with E-state index in [2.05, 4.69) is 88.6 Å². The number of benzene rings is 3. The van der Waals surface area contributed by atoms with Gasteiger partial charge in [0.2, 0.25) is 5.91 Å². The SMILES string of the molecule is Cc1ccc(-n2cc(CN3CCC(c4ccc(NC(=O)C(C)C)cc4)CC3)c3ccccc32)cc1. The third-order valence-corrected chi connectivity index (χ3v) is 7.26. The Morgan fingerprint density at radius 3 is 2.31 bits per heavy atom. The van der Waals surface area contributed by atoms with Gasteiger partial charge in [0.25, 0.3) is 0 Å². The molecule has 4 nitrogen and oxygen atoms in total. The van der Waals surface area contributed by atoms with Gasteiger partial charge in [-0.25, -0.2) is 0 Å². The van der Waals surface area contributed by atoms with Crippen LogP contribution in [0.25, 0.3) is 16.6 Å². The molecule has 1 aliphatic rings. The summed E-state index contributed by atoms with van der Waals surface area (Å²) in [5, 5.41) is 4.33. The summed E-state index contributed by atoms with van der Waals surface area (Å²) in [6, 6.07) is 26.0. The molecule has 0 atom stereocenters. The van der Waals surface area contributed by atoms with Crippen LogP contribution in [0.1, 0.15) is 49.3 Å². The maximum Gasteiger partial charge on any atom is 0.226 e. The number of nitrogens with zero attached hydrogens (tertiary/aromatic N) is 2. The molecular formula is C31H35N3O. The number of fused-ring (bicyclic) bond motifs is 1. The molecule has 0 unspecified atom stereocenters. The highest BCUT2D eigenvalue weighted by atomic mass is 16.1. The van der Waals surface area contributed by atoms with E-state index in [0.717, 1.165) is 38.2 Å². The lowest BCUT2D eigenvalue weighted by atomic mass is 9.89. The van der Waals surface area contributed by atoms with Gasteiger partial charge in [0.15, 0.2) is 0 Å². The van der Waals surface area contributed by atoms with Crippen LogP contribution in [-0.2, 0) is 11.3 Å². The molecule has 1 amide bonds. The smallest absolute Gasteiger partial charge is 0.226 e. The molecule has 0 saturated carbocycles. The van der Waals surface area contributed by atoms with Crippen LogP contribution in [-0.4, -0.2) is 28.5 Å². The van der Waals surface area contributed by atoms with E-state index < -0.39 is 0 Å². The topological polar surface area (TPSA) is 37.3 Å². The highest BCUT2D eigenvalue weighted by molar-refractivity contribution is 5.92. The number of hydrogen-bond acceptors (Lipinski definition) is 2. The third kappa shape index (κ3) is 5.18. The summed E-state index contributed by atoms with van der Waals surface area (Å²) in [5.74, 6) is 0.634. The first-order valence-corrected chi connectivity index (χ1v) is 12.8. The minimum absolute atomic E-state index is 0.00933. The van der Waals surface area contributed by atoms with E-state index in [9.17, 15) is 4.79 Å². The molecule has 1 saturated heterocycles. The first-order chi connectivity index (χ1) is 17.0. The van der Waals surface area contributed by atoms with E-state index in [1.807, 2.05) is 26.0 Å². The minimum Gasteiger partial charge on any atom is -0.326 e. The third-order valence-electron chi connectivity index (χ3n) is 7.26. The van der Waals surface area contributed by atoms with Crippen molar-refractivity contribution in [1.29, 1.82) is 0 Å². The number of para-hydroxylation sites is 1. The van der Waals surface area contributed by atoms with Gasteiger partial charge in [-0.3, -0.25) is 9.69 Å². The molecule has 4 aromatic rings. The van der Waals surface area contributed by atoms with Gasteiger partial charge < -0.3 is 9.88 Å². The van der Waals surface area contributed by atoms with E-state index in [1.54, 1.807) is 0 Å². The summed E-state index contributed by atoms with van der Waals surface area (Å²) in [6.45, 7) is 9.13. The van der Waals surface area contributed by atoms with Crippen LogP contribution in [0.15, 0.2) is 79.0 Å². The van der Waals surface area contributed by atoms with Crippen molar-refractivity contribution in [2.75, 3.05) is 18.4 Å². The molecule has 0 bridgehead atoms. The van der Waals surface area contributed by atoms with Crippen molar-refractivity contribution in [2.24, 2.45) is 5.92 Å². The average molecular weight is 466 g/mol. The Morgan fingerprint density at radius 2 is 1.63 bits per heavy atom. The zero-order chi connectivity index (χ0) is 24.4. The summed E-state index contributed by atoms with van der Waals surface area (Å²) in [7, 11) is 0. The molecular weight excluding hydrogens is 430 g/mol. The number of likely N-dealkylation sites (tertiary alicyclic amines) is 1. The molecule has 1 aromatic heterocycles. The van der Waals surface area contributed by atoms with Crippen molar-refractivity contribution >= 4 is 22.5 Å². The van der Waals surface area contributed by atoms with Gasteiger partial charge in [-0.15, -0.1) is 0 Å². The average Bonchev–Trinajstić information content (AvgIpc) is 3.24. The van der Waals surface area contributed by atoms with Crippen molar-refractivity contribution in [3.63, 3.8) is 0 Å². The molecule has 0 aliphatic carbocycles. The van der Waals surface area contributed by atoms with Crippen molar-refractivity contribution in [1.82, 2.24) is 9.47 Å². The Hall–Kier alpha value is -3.37. The second kappa shape index (κ2) is 10.1. The normalized spacial score (nSPS) is 15.1. The highest BCUT2D eigenvalue weighted by Gasteiger charge is 2.22. The lowest BCUT2D eigenvalue weighted by molar-refractivity contribution is -0.118. The molecule has 5 rings (SSSR count). The van der Waals surface area contributed by atoms with Gasteiger partial charge in [-0.1, -0.05) is 61.9 Å². The summed E-state index contributed by atoms with van der Waals surface area (Å²) >= 11 is 0. The first kappa shape index (κ1) is 23.4. The van der Waals surface area contributed by atoms with Crippen molar-refractivity contribution in [3.05, 3.63) is 95.7 Å². The van der Waals surface area contributed by atoms with E-state index in [1.165, 1.54) is 33.3 Å². The Morgan fingerprint density at radius 1 is 0.943 bits per heavy atom. The molecule has 180 valence electrons. The largest absolute Gasteiger partial charge is 0.326 e. The fourth-order valence-corrected chi connectivity index (χ4v) is 5.09. The van der Waals surface area contributed by atoms with Gasteiger partial charge in [0.05, 0.1) is 5.52 Å². The maximum absolute atomic E-state index is 11.9. The quantitative estimate of drug-likeness (QED) is 0.336. The van der Waals surface area contributed by atoms with Gasteiger partial charge >= 0.3 is 0 Å². The molecule has 4 heteroatoms. The lowest BCUT2D eigenvalue weighted by Gasteiger charge is -2.32. The van der Waals surface area contributed by atoms with E-state index in [0.29, 0.717) is 5.92 Å². The molecule has 35 heavy (non-hydrogen) atoms. The number of rotatable bonds is 6. The highest BCUT2D eigenvalue weighted by Crippen LogP contribution is 2.31. The van der Waals surface area contributed by atoms with E-state index >= 15 is 0 Å². The summed E-state index contributed by atoms with van der Waals surface area (Å²) < 4.78 is 2.33. The molecule has 3 aromatic carbocycles. The molecule has 0 spiro atoms. The van der Waals surface area contributed by atoms with E-state index in [-0.39, 0.29) is 11.8 Å². The zero-order valence-electron chi connectivity index (χ0n) is 21.0. The predicted molar refractivity (Wildman–Crippen MR) is 145 cm³/mol. The monoisotopic (exact) mass is 465 g/mol. The molecule has 1 aliphatic heterocycles. The van der Waals surface area contributed by atoms with Crippen LogP contribution in [0, 0.1) is 12.8 Å². The molecule has 1 N–H and O–H groups in total. The summed E-state index contributed by atoms with van der Waals surface area (Å²) in [4.78, 5) is 14.5. The Bertz CT molecular complexity index is 1290. The number of nitrogens with one attached hydrogen (secondary N) is 1. The number of carbonyl (C=O) groups excluding carboxylic acids is 1. The Balaban J connectivity index is 1.25. The van der Waals surface area contributed by atoms with Gasteiger partial charge in [-0.2, -0.15) is 0 Å². The molecule has 0 radical (unpaired) electrons. The fraction of sp³-hybridized carbons (Fsp3) is 0.323. The van der Waals surface area contributed by atoms with Gasteiger partial charge in [-0.05, 0) is 80.2 Å². The van der Waals surface area contributed by atoms with Crippen molar-refractivity contribution in [2.45, 2.75) is 46.1 Å². The maximum atomic E-state index is 11.9. The number of aryl methyl sites for hydroxylation is 1. The number of hydrogen-bond donors (Lipinski definition) is 1. The second-order valence-electron chi connectivity index (χ2n) is 10.2. The standard InChI is InChI=1S/C31H35N3O/c1-22(2)31(35)32-27-12-10-24(11-13-27)25-16-18-33(19-17-25)20-26-21-34(28-14-8-23(3)9-15-28)30-7-5-4-6-29(26)30/h4-15,21-22,25H,16-20H2,1-3H3,(H,32,35). The number of piperidine rings is 1. The summed E-state index contributed by atoms with van der Waals surface area (Å²) in [6.07, 6.45) is 4.65. The number of carbonyl (C=O) groups is 1. The van der Waals surface area contributed by atoms with Crippen LogP contribution in [0.4, 0.5) is 5.69 Å². The van der Waals surface area contributed by atoms with Gasteiger partial charge in [0, 0.05) is 35.4 Å². The zero-order valence-corrected chi connectivity index (χ0v) is 21.0. The predicted octanol–water partition coefficient (Wildman–Crippen LogP) is 6.91. The lowest BCUT2D eigenvalue weighted by Crippen LogP contribution is -2.32. The van der Waals surface area contributed by atoms with Crippen LogP contribution in [0.5, 0.6) is 0 Å². The first-order valence-electron chi connectivity index (χ1n) is 12.8. The molecule has 1 fully saturated rings. The van der Waals surface area contributed by atoms with E-state index in [4.69, 9.17) is 0 Å². The number of amides is 1. The van der Waals surface area contributed by atoms with Crippen LogP contribution in [0.3, 0.4) is 0 Å². The van der Waals surface area contributed by atoms with Crippen LogP contribution >= 0.6 is 0 Å². The number of anilines is 1. The van der Waals surface area contributed by atoms with Gasteiger partial charge in [0.1, 0.15) is 0 Å². The summed E-state index contributed by atoms with van der Waals surface area (Å²) in [5.41, 5.74) is 7.42. The Labute approximate surface area is 208 Å². The van der Waals surface area contributed by atoms with Crippen LogP contribution in [0.2, 0.25) is 0 Å². The van der Waals surface area contributed by atoms with Crippen LogP contribution < -0.4 is 5.32 Å². The minimum atomic E-state index is -0.00933. The second-order valence-corrected chi connectivity index (χ2v) is 10.2. The fourth-order valence-electron chi connectivity index (χ4n) is 5.09. The van der Waals surface area contributed by atoms with Crippen molar-refractivity contribution in [3.8, 4) is 5.69 Å². The number of aromatic nitrogens is 1. The van der Waals surface area contributed by atoms with Crippen molar-refractivity contribution < 1.29 is 4.79 Å². The molecule has 2 heterocycles. The Kier molecular flexibility index (Phi) is 6.74.